The predicted octanol–water partition coefficient (Wildman–Crippen LogP) is 2.71. The number of morpholine rings is 1. The molecule has 2 saturated heterocycles. The first kappa shape index (κ1) is 19.7. The minimum absolute atomic E-state index is 0.310. The third-order valence-corrected chi connectivity index (χ3v) is 5.81. The van der Waals surface area contributed by atoms with Gasteiger partial charge in [-0.3, -0.25) is 0 Å². The minimum atomic E-state index is 0.310. The summed E-state index contributed by atoms with van der Waals surface area (Å²) < 4.78 is 7.45. The van der Waals surface area contributed by atoms with Crippen LogP contribution in [-0.4, -0.2) is 59.7 Å². The lowest BCUT2D eigenvalue weighted by Crippen LogP contribution is -2.45. The average molecular weight is 418 g/mol. The normalized spacial score (nSPS) is 17.3. The highest BCUT2D eigenvalue weighted by molar-refractivity contribution is 5.95. The number of nitrogens with zero attached hydrogens (tertiary/aromatic N) is 4. The monoisotopic (exact) mass is 417 g/mol. The van der Waals surface area contributed by atoms with E-state index in [0.717, 1.165) is 54.7 Å². The summed E-state index contributed by atoms with van der Waals surface area (Å²) in [5.41, 5.74) is 4.61. The molecule has 0 saturated carbocycles. The summed E-state index contributed by atoms with van der Waals surface area (Å²) in [6.07, 6.45) is 3.62. The molecule has 8 heteroatoms. The summed E-state index contributed by atoms with van der Waals surface area (Å²) in [6.45, 7) is 6.87. The first-order valence-electron chi connectivity index (χ1n) is 10.7. The number of anilines is 2. The Labute approximate surface area is 181 Å². The van der Waals surface area contributed by atoms with Gasteiger partial charge in [0.2, 0.25) is 0 Å². The zero-order chi connectivity index (χ0) is 21.2. The molecule has 2 fully saturated rings. The standard InChI is InChI=1S/C23H27N7O/c1-16-2-4-17(5-3-16)20-12-22-27-21(26-7-6-19(24)18-14-25-15-18)13-23(30(22)28-20)29-8-10-31-11-9-29/h2-7,12-13,18,24-25H,8-11,14-15H2,1H3,(H,26,27)/b7-6-,24-19?. The molecule has 0 radical (unpaired) electrons. The maximum absolute atomic E-state index is 8.14. The van der Waals surface area contributed by atoms with Crippen LogP contribution in [0.3, 0.4) is 0 Å². The molecule has 4 heterocycles. The van der Waals surface area contributed by atoms with Crippen LogP contribution in [0.5, 0.6) is 0 Å². The van der Waals surface area contributed by atoms with E-state index in [9.17, 15) is 0 Å². The van der Waals surface area contributed by atoms with Crippen molar-refractivity contribution in [2.24, 2.45) is 5.92 Å². The van der Waals surface area contributed by atoms with Crippen LogP contribution in [0.15, 0.2) is 48.7 Å². The third kappa shape index (κ3) is 4.17. The van der Waals surface area contributed by atoms with Crippen LogP contribution in [0.4, 0.5) is 11.6 Å². The Bertz CT molecular complexity index is 1110. The van der Waals surface area contributed by atoms with Gasteiger partial charge in [0.25, 0.3) is 0 Å². The molecule has 1 aromatic carbocycles. The van der Waals surface area contributed by atoms with Crippen molar-refractivity contribution in [1.29, 1.82) is 5.41 Å². The van der Waals surface area contributed by atoms with Crippen LogP contribution in [0.2, 0.25) is 0 Å². The third-order valence-electron chi connectivity index (χ3n) is 5.81. The van der Waals surface area contributed by atoms with E-state index >= 15 is 0 Å². The number of hydrogen-bond acceptors (Lipinski definition) is 7. The Morgan fingerprint density at radius 1 is 1.19 bits per heavy atom. The Kier molecular flexibility index (Phi) is 5.40. The molecule has 3 aromatic rings. The zero-order valence-corrected chi connectivity index (χ0v) is 17.6. The molecule has 0 bridgehead atoms. The van der Waals surface area contributed by atoms with E-state index in [2.05, 4.69) is 46.7 Å². The zero-order valence-electron chi connectivity index (χ0n) is 17.6. The first-order chi connectivity index (χ1) is 15.2. The van der Waals surface area contributed by atoms with Crippen molar-refractivity contribution < 1.29 is 4.74 Å². The fourth-order valence-corrected chi connectivity index (χ4v) is 3.78. The summed E-state index contributed by atoms with van der Waals surface area (Å²) in [5.74, 6) is 2.03. The van der Waals surface area contributed by atoms with Crippen molar-refractivity contribution in [3.8, 4) is 11.3 Å². The summed E-state index contributed by atoms with van der Waals surface area (Å²) in [4.78, 5) is 7.05. The van der Waals surface area contributed by atoms with E-state index in [4.69, 9.17) is 20.2 Å². The molecule has 3 N–H and O–H groups in total. The summed E-state index contributed by atoms with van der Waals surface area (Å²) in [7, 11) is 0. The smallest absolute Gasteiger partial charge is 0.160 e. The molecule has 0 unspecified atom stereocenters. The lowest BCUT2D eigenvalue weighted by atomic mass is 9.97. The Hall–Kier alpha value is -3.23. The summed E-state index contributed by atoms with van der Waals surface area (Å²) in [6, 6.07) is 12.4. The Morgan fingerprint density at radius 3 is 2.68 bits per heavy atom. The van der Waals surface area contributed by atoms with E-state index in [0.29, 0.717) is 24.8 Å². The molecule has 31 heavy (non-hydrogen) atoms. The fourth-order valence-electron chi connectivity index (χ4n) is 3.78. The number of nitrogens with one attached hydrogen (secondary N) is 3. The van der Waals surface area contributed by atoms with Crippen molar-refractivity contribution in [2.45, 2.75) is 6.92 Å². The Morgan fingerprint density at radius 2 is 1.97 bits per heavy atom. The number of fused-ring (bicyclic) bond motifs is 1. The van der Waals surface area contributed by atoms with Gasteiger partial charge in [-0.1, -0.05) is 29.8 Å². The number of benzene rings is 1. The first-order valence-corrected chi connectivity index (χ1v) is 10.7. The van der Waals surface area contributed by atoms with E-state index in [1.165, 1.54) is 5.56 Å². The van der Waals surface area contributed by atoms with Crippen molar-refractivity contribution >= 4 is 23.0 Å². The molecular weight excluding hydrogens is 390 g/mol. The van der Waals surface area contributed by atoms with E-state index in [-0.39, 0.29) is 0 Å². The maximum Gasteiger partial charge on any atom is 0.160 e. The fraction of sp³-hybridized carbons (Fsp3) is 0.348. The lowest BCUT2D eigenvalue weighted by Gasteiger charge is -2.29. The molecule has 0 spiro atoms. The summed E-state index contributed by atoms with van der Waals surface area (Å²) in [5, 5.41) is 19.5. The molecule has 160 valence electrons. The van der Waals surface area contributed by atoms with Crippen molar-refractivity contribution in [3.63, 3.8) is 0 Å². The highest BCUT2D eigenvalue weighted by Gasteiger charge is 2.20. The van der Waals surface area contributed by atoms with Crippen molar-refractivity contribution in [1.82, 2.24) is 19.9 Å². The topological polar surface area (TPSA) is 90.6 Å². The van der Waals surface area contributed by atoms with Gasteiger partial charge in [-0.05, 0) is 13.0 Å². The SMILES string of the molecule is Cc1ccc(-c2cc3nc(N/C=C\C(=N)C4CNC4)cc(N4CCOCC4)n3n2)cc1. The molecular formula is C23H27N7O. The van der Waals surface area contributed by atoms with E-state index in [1.807, 2.05) is 22.7 Å². The number of aromatic nitrogens is 3. The summed E-state index contributed by atoms with van der Waals surface area (Å²) >= 11 is 0. The van der Waals surface area contributed by atoms with Gasteiger partial charge in [0.15, 0.2) is 5.65 Å². The van der Waals surface area contributed by atoms with Gasteiger partial charge < -0.3 is 25.7 Å². The lowest BCUT2D eigenvalue weighted by molar-refractivity contribution is 0.122. The van der Waals surface area contributed by atoms with Crippen LogP contribution in [0, 0.1) is 18.3 Å². The molecule has 0 atom stereocenters. The average Bonchev–Trinajstić information content (AvgIpc) is 3.17. The highest BCUT2D eigenvalue weighted by atomic mass is 16.5. The van der Waals surface area contributed by atoms with Gasteiger partial charge in [-0.15, -0.1) is 0 Å². The van der Waals surface area contributed by atoms with Crippen LogP contribution < -0.4 is 15.5 Å². The number of hydrogen-bond donors (Lipinski definition) is 3. The van der Waals surface area contributed by atoms with Gasteiger partial charge >= 0.3 is 0 Å². The molecule has 0 aliphatic carbocycles. The van der Waals surface area contributed by atoms with E-state index < -0.39 is 0 Å². The van der Waals surface area contributed by atoms with Gasteiger partial charge in [-0.25, -0.2) is 4.98 Å². The molecule has 2 aromatic heterocycles. The maximum atomic E-state index is 8.14. The van der Waals surface area contributed by atoms with Crippen LogP contribution in [0.25, 0.3) is 16.9 Å². The molecule has 2 aliphatic heterocycles. The minimum Gasteiger partial charge on any atom is -0.378 e. The van der Waals surface area contributed by atoms with Crippen LogP contribution in [-0.2, 0) is 4.74 Å². The van der Waals surface area contributed by atoms with Crippen LogP contribution >= 0.6 is 0 Å². The quantitative estimate of drug-likeness (QED) is 0.535. The molecule has 5 rings (SSSR count). The largest absolute Gasteiger partial charge is 0.378 e. The molecule has 0 amide bonds. The van der Waals surface area contributed by atoms with Gasteiger partial charge in [0.1, 0.15) is 11.6 Å². The van der Waals surface area contributed by atoms with Gasteiger partial charge in [0, 0.05) is 61.7 Å². The van der Waals surface area contributed by atoms with Gasteiger partial charge in [-0.2, -0.15) is 9.61 Å². The van der Waals surface area contributed by atoms with E-state index in [1.54, 1.807) is 6.20 Å². The second kappa shape index (κ2) is 8.49. The number of ether oxygens (including phenoxy) is 1. The molecule has 2 aliphatic rings. The second-order valence-electron chi connectivity index (χ2n) is 8.05. The van der Waals surface area contributed by atoms with Crippen molar-refractivity contribution in [3.05, 3.63) is 54.2 Å². The number of aryl methyl sites for hydroxylation is 1. The highest BCUT2D eigenvalue weighted by Crippen LogP contribution is 2.26. The number of rotatable bonds is 6. The Balaban J connectivity index is 1.48. The van der Waals surface area contributed by atoms with Crippen molar-refractivity contribution in [2.75, 3.05) is 49.6 Å². The predicted molar refractivity (Wildman–Crippen MR) is 123 cm³/mol. The molecule has 8 nitrogen and oxygen atoms in total. The van der Waals surface area contributed by atoms with Crippen LogP contribution in [0.1, 0.15) is 5.56 Å². The van der Waals surface area contributed by atoms with Gasteiger partial charge in [0.05, 0.1) is 18.9 Å². The number of allylic oxidation sites excluding steroid dienone is 1. The second-order valence-corrected chi connectivity index (χ2v) is 8.05.